The second-order valence-corrected chi connectivity index (χ2v) is 8.51. The molecule has 6 fully saturated rings. The van der Waals surface area contributed by atoms with Crippen molar-refractivity contribution >= 4 is 11.9 Å². The maximum Gasteiger partial charge on any atom is 0.317 e. The number of carbonyl (C=O) groups is 2. The van der Waals surface area contributed by atoms with E-state index in [2.05, 4.69) is 0 Å². The first kappa shape index (κ1) is 11.8. The Hall–Kier alpha value is -0.860. The molecular weight excluding hydrogens is 252 g/mol. The molecule has 3 unspecified atom stereocenters. The molecular formula is C17H22O3. The molecule has 4 bridgehead atoms. The normalized spacial score (nSPS) is 53.5. The zero-order chi connectivity index (χ0) is 13.5. The molecule has 6 rings (SSSR count). The smallest absolute Gasteiger partial charge is 0.317 e. The first-order valence-corrected chi connectivity index (χ1v) is 8.33. The van der Waals surface area contributed by atoms with Gasteiger partial charge < -0.3 is 4.74 Å². The van der Waals surface area contributed by atoms with Crippen LogP contribution in [-0.2, 0) is 14.3 Å². The van der Waals surface area contributed by atoms with Crippen molar-refractivity contribution in [3.05, 3.63) is 0 Å². The fourth-order valence-corrected chi connectivity index (χ4v) is 6.93. The predicted molar refractivity (Wildman–Crippen MR) is 71.5 cm³/mol. The minimum atomic E-state index is -0.281. The van der Waals surface area contributed by atoms with Crippen LogP contribution in [0.2, 0.25) is 0 Å². The van der Waals surface area contributed by atoms with E-state index in [-0.39, 0.29) is 23.3 Å². The molecule has 0 radical (unpaired) electrons. The number of carbonyl (C=O) groups excluding carboxylic acids is 2. The summed E-state index contributed by atoms with van der Waals surface area (Å²) < 4.78 is 4.89. The Kier molecular flexibility index (Phi) is 2.05. The molecule has 1 heterocycles. The van der Waals surface area contributed by atoms with E-state index >= 15 is 0 Å². The van der Waals surface area contributed by atoms with Crippen LogP contribution in [0.5, 0.6) is 0 Å². The van der Waals surface area contributed by atoms with Gasteiger partial charge in [0, 0.05) is 0 Å². The summed E-state index contributed by atoms with van der Waals surface area (Å²) in [6, 6.07) is 0. The van der Waals surface area contributed by atoms with Gasteiger partial charge >= 0.3 is 11.9 Å². The van der Waals surface area contributed by atoms with Crippen molar-refractivity contribution in [1.82, 2.24) is 0 Å². The lowest BCUT2D eigenvalue weighted by Gasteiger charge is -2.64. The first-order valence-electron chi connectivity index (χ1n) is 8.33. The zero-order valence-electron chi connectivity index (χ0n) is 11.9. The van der Waals surface area contributed by atoms with E-state index in [0.29, 0.717) is 11.8 Å². The number of hydrogen-bond donors (Lipinski definition) is 0. The van der Waals surface area contributed by atoms with Crippen LogP contribution in [0.4, 0.5) is 0 Å². The van der Waals surface area contributed by atoms with E-state index in [1.165, 1.54) is 51.4 Å². The molecule has 3 heteroatoms. The average Bonchev–Trinajstić information content (AvgIpc) is 3.14. The summed E-state index contributed by atoms with van der Waals surface area (Å²) in [4.78, 5) is 23.7. The number of hydrogen-bond acceptors (Lipinski definition) is 3. The molecule has 0 aromatic rings. The van der Waals surface area contributed by atoms with Gasteiger partial charge in [-0.1, -0.05) is 0 Å². The molecule has 0 amide bonds. The van der Waals surface area contributed by atoms with Crippen LogP contribution in [-0.4, -0.2) is 11.9 Å². The van der Waals surface area contributed by atoms with Crippen molar-refractivity contribution in [3.8, 4) is 0 Å². The summed E-state index contributed by atoms with van der Waals surface area (Å²) in [5.41, 5.74) is 0.659. The van der Waals surface area contributed by atoms with Crippen molar-refractivity contribution in [2.24, 2.45) is 34.5 Å². The Morgan fingerprint density at radius 3 is 2.15 bits per heavy atom. The highest BCUT2D eigenvalue weighted by atomic mass is 16.6. The van der Waals surface area contributed by atoms with Crippen molar-refractivity contribution in [1.29, 1.82) is 0 Å². The molecule has 108 valence electrons. The molecule has 1 aliphatic heterocycles. The maximum atomic E-state index is 12.1. The molecule has 20 heavy (non-hydrogen) atoms. The largest absolute Gasteiger partial charge is 0.393 e. The van der Waals surface area contributed by atoms with E-state index < -0.39 is 0 Å². The number of esters is 2. The predicted octanol–water partition coefficient (Wildman–Crippen LogP) is 3.07. The second kappa shape index (κ2) is 3.48. The van der Waals surface area contributed by atoms with Crippen molar-refractivity contribution < 1.29 is 14.3 Å². The van der Waals surface area contributed by atoms with E-state index in [1.807, 2.05) is 0 Å². The Morgan fingerprint density at radius 1 is 0.950 bits per heavy atom. The summed E-state index contributed by atoms with van der Waals surface area (Å²) in [5, 5.41) is 0. The third kappa shape index (κ3) is 1.42. The maximum absolute atomic E-state index is 12.1. The fourth-order valence-electron chi connectivity index (χ4n) is 6.93. The van der Waals surface area contributed by atoms with E-state index in [0.717, 1.165) is 17.8 Å². The van der Waals surface area contributed by atoms with Gasteiger partial charge in [-0.3, -0.25) is 9.59 Å². The van der Waals surface area contributed by atoms with Crippen LogP contribution in [0.3, 0.4) is 0 Å². The Labute approximate surface area is 119 Å². The third-order valence-electron chi connectivity index (χ3n) is 7.20. The highest BCUT2D eigenvalue weighted by Gasteiger charge is 2.65. The van der Waals surface area contributed by atoms with Crippen LogP contribution in [0, 0.1) is 34.5 Å². The number of rotatable bonds is 2. The standard InChI is InChI=1S/C17H22O3/c18-14-4-13(15(19)20-14)17-7-10-3-11(8-17)6-16(5-10,9-17)12-1-2-12/h10-13H,1-9H2. The molecule has 0 N–H and O–H groups in total. The lowest BCUT2D eigenvalue weighted by molar-refractivity contribution is -0.166. The lowest BCUT2D eigenvalue weighted by Crippen LogP contribution is -2.56. The molecule has 0 aromatic carbocycles. The molecule has 5 saturated carbocycles. The summed E-state index contributed by atoms with van der Waals surface area (Å²) in [7, 11) is 0. The van der Waals surface area contributed by atoms with E-state index in [9.17, 15) is 9.59 Å². The minimum absolute atomic E-state index is 0.112. The van der Waals surface area contributed by atoms with Crippen LogP contribution in [0.25, 0.3) is 0 Å². The summed E-state index contributed by atoms with van der Waals surface area (Å²) in [6.45, 7) is 0. The molecule has 1 saturated heterocycles. The lowest BCUT2D eigenvalue weighted by atomic mass is 9.40. The summed E-state index contributed by atoms with van der Waals surface area (Å²) >= 11 is 0. The first-order chi connectivity index (χ1) is 9.59. The van der Waals surface area contributed by atoms with Gasteiger partial charge in [-0.2, -0.15) is 0 Å². The van der Waals surface area contributed by atoms with Gasteiger partial charge in [0.05, 0.1) is 12.3 Å². The molecule has 3 nitrogen and oxygen atoms in total. The van der Waals surface area contributed by atoms with Gasteiger partial charge in [0.15, 0.2) is 0 Å². The monoisotopic (exact) mass is 274 g/mol. The van der Waals surface area contributed by atoms with Crippen molar-refractivity contribution in [2.45, 2.75) is 57.8 Å². The van der Waals surface area contributed by atoms with E-state index in [1.54, 1.807) is 0 Å². The van der Waals surface area contributed by atoms with Crippen LogP contribution >= 0.6 is 0 Å². The third-order valence-corrected chi connectivity index (χ3v) is 7.20. The average molecular weight is 274 g/mol. The molecule has 6 aliphatic rings. The number of ether oxygens (including phenoxy) is 1. The Balaban J connectivity index is 1.54. The second-order valence-electron chi connectivity index (χ2n) is 8.51. The van der Waals surface area contributed by atoms with E-state index in [4.69, 9.17) is 4.74 Å². The topological polar surface area (TPSA) is 43.4 Å². The summed E-state index contributed by atoms with van der Waals surface area (Å²) in [5.74, 6) is 1.97. The fraction of sp³-hybridized carbons (Fsp3) is 0.882. The quantitative estimate of drug-likeness (QED) is 0.574. The summed E-state index contributed by atoms with van der Waals surface area (Å²) in [6.07, 6.45) is 11.0. The molecule has 3 atom stereocenters. The highest BCUT2D eigenvalue weighted by molar-refractivity contribution is 5.95. The van der Waals surface area contributed by atoms with Gasteiger partial charge in [-0.25, -0.2) is 0 Å². The van der Waals surface area contributed by atoms with Crippen LogP contribution in [0.15, 0.2) is 0 Å². The molecule has 5 aliphatic carbocycles. The Bertz CT molecular complexity index is 490. The van der Waals surface area contributed by atoms with Gasteiger partial charge in [-0.05, 0) is 80.0 Å². The molecule has 0 aromatic heterocycles. The van der Waals surface area contributed by atoms with Crippen molar-refractivity contribution in [3.63, 3.8) is 0 Å². The van der Waals surface area contributed by atoms with Gasteiger partial charge in [0.25, 0.3) is 0 Å². The number of cyclic esters (lactones) is 2. The van der Waals surface area contributed by atoms with Crippen molar-refractivity contribution in [2.75, 3.05) is 0 Å². The van der Waals surface area contributed by atoms with Crippen LogP contribution in [0.1, 0.15) is 57.8 Å². The van der Waals surface area contributed by atoms with Gasteiger partial charge in [0.1, 0.15) is 0 Å². The van der Waals surface area contributed by atoms with Gasteiger partial charge in [0.2, 0.25) is 0 Å². The zero-order valence-corrected chi connectivity index (χ0v) is 11.9. The van der Waals surface area contributed by atoms with Gasteiger partial charge in [-0.15, -0.1) is 0 Å². The van der Waals surface area contributed by atoms with Crippen LogP contribution < -0.4 is 0 Å². The Morgan fingerprint density at radius 2 is 1.60 bits per heavy atom. The highest BCUT2D eigenvalue weighted by Crippen LogP contribution is 2.73. The SMILES string of the molecule is O=C1CC(C23CC4CC(CC(C5CC5)(C4)C2)C3)C(=O)O1. The molecule has 0 spiro atoms. The minimum Gasteiger partial charge on any atom is -0.393 e.